The number of methoxy groups -OCH3 is 1. The molecule has 0 saturated carbocycles. The Labute approximate surface area is 128 Å². The van der Waals surface area contributed by atoms with E-state index in [2.05, 4.69) is 26.6 Å². The van der Waals surface area contributed by atoms with Crippen molar-refractivity contribution in [1.82, 2.24) is 5.32 Å². The second-order valence-electron chi connectivity index (χ2n) is 5.46. The van der Waals surface area contributed by atoms with Crippen LogP contribution in [0.1, 0.15) is 25.3 Å². The maximum Gasteiger partial charge on any atom is 0.230 e. The highest BCUT2D eigenvalue weighted by atomic mass is 79.9. The van der Waals surface area contributed by atoms with E-state index in [-0.39, 0.29) is 11.3 Å². The number of piperidine rings is 1. The average molecular weight is 341 g/mol. The van der Waals surface area contributed by atoms with Crippen molar-refractivity contribution in [3.05, 3.63) is 28.2 Å². The third-order valence-corrected chi connectivity index (χ3v) is 4.65. The molecule has 1 aliphatic heterocycles. The number of benzene rings is 1. The largest absolute Gasteiger partial charge is 0.380 e. The van der Waals surface area contributed by atoms with Gasteiger partial charge in [-0.1, -0.05) is 28.9 Å². The van der Waals surface area contributed by atoms with Gasteiger partial charge in [0.05, 0.1) is 6.61 Å². The van der Waals surface area contributed by atoms with Crippen LogP contribution in [-0.4, -0.2) is 26.1 Å². The van der Waals surface area contributed by atoms with Gasteiger partial charge in [0.2, 0.25) is 5.91 Å². The van der Waals surface area contributed by atoms with E-state index in [4.69, 9.17) is 4.74 Å². The maximum atomic E-state index is 12.6. The van der Waals surface area contributed by atoms with E-state index >= 15 is 0 Å². The van der Waals surface area contributed by atoms with Crippen LogP contribution in [0.2, 0.25) is 0 Å². The minimum absolute atomic E-state index is 0.0921. The van der Waals surface area contributed by atoms with Crippen LogP contribution in [-0.2, 0) is 16.1 Å². The van der Waals surface area contributed by atoms with Crippen LogP contribution >= 0.6 is 15.9 Å². The molecule has 2 rings (SSSR count). The molecule has 4 nitrogen and oxygen atoms in total. The van der Waals surface area contributed by atoms with Crippen LogP contribution in [0.4, 0.5) is 5.69 Å². The fraction of sp³-hybridized carbons (Fsp3) is 0.533. The second-order valence-corrected chi connectivity index (χ2v) is 6.32. The molecule has 1 aromatic carbocycles. The van der Waals surface area contributed by atoms with Crippen molar-refractivity contribution in [2.75, 3.05) is 25.5 Å². The predicted molar refractivity (Wildman–Crippen MR) is 83.7 cm³/mol. The minimum atomic E-state index is -0.294. The number of anilines is 1. The number of ether oxygens (including phenoxy) is 1. The maximum absolute atomic E-state index is 12.6. The number of halogens is 1. The summed E-state index contributed by atoms with van der Waals surface area (Å²) in [7, 11) is 1.65. The lowest BCUT2D eigenvalue weighted by molar-refractivity contribution is -0.126. The molecular weight excluding hydrogens is 320 g/mol. The Hall–Kier alpha value is -0.910. The zero-order chi connectivity index (χ0) is 14.6. The van der Waals surface area contributed by atoms with Crippen LogP contribution in [0.5, 0.6) is 0 Å². The summed E-state index contributed by atoms with van der Waals surface area (Å²) in [6.07, 6.45) is 1.74. The van der Waals surface area contributed by atoms with Gasteiger partial charge in [-0.05, 0) is 38.1 Å². The van der Waals surface area contributed by atoms with Crippen LogP contribution < -0.4 is 10.6 Å². The summed E-state index contributed by atoms with van der Waals surface area (Å²) in [6.45, 7) is 4.30. The van der Waals surface area contributed by atoms with Gasteiger partial charge in [0.15, 0.2) is 0 Å². The highest BCUT2D eigenvalue weighted by molar-refractivity contribution is 9.10. The first-order valence-electron chi connectivity index (χ1n) is 6.85. The first-order valence-corrected chi connectivity index (χ1v) is 7.64. The Morgan fingerprint density at radius 3 is 2.80 bits per heavy atom. The molecule has 0 aromatic heterocycles. The number of carbonyl (C=O) groups excluding carboxylic acids is 1. The zero-order valence-electron chi connectivity index (χ0n) is 12.0. The van der Waals surface area contributed by atoms with Crippen molar-refractivity contribution < 1.29 is 9.53 Å². The summed E-state index contributed by atoms with van der Waals surface area (Å²) in [5, 5.41) is 6.36. The van der Waals surface area contributed by atoms with Crippen LogP contribution in [0.25, 0.3) is 0 Å². The number of amides is 1. The van der Waals surface area contributed by atoms with Gasteiger partial charge in [0.25, 0.3) is 0 Å². The van der Waals surface area contributed by atoms with Gasteiger partial charge in [-0.2, -0.15) is 0 Å². The Morgan fingerprint density at radius 1 is 1.45 bits per heavy atom. The molecule has 0 bridgehead atoms. The molecule has 5 heteroatoms. The molecular formula is C15H21BrN2O2. The monoisotopic (exact) mass is 340 g/mol. The SMILES string of the molecule is COCc1c(Br)cccc1NC(=O)C1(C)CCNCC1. The first-order chi connectivity index (χ1) is 9.57. The lowest BCUT2D eigenvalue weighted by Crippen LogP contribution is -2.43. The summed E-state index contributed by atoms with van der Waals surface area (Å²) in [5.74, 6) is 0.0921. The summed E-state index contributed by atoms with van der Waals surface area (Å²) in [6, 6.07) is 5.79. The van der Waals surface area contributed by atoms with Gasteiger partial charge >= 0.3 is 0 Å². The first kappa shape index (κ1) is 15.5. The van der Waals surface area contributed by atoms with E-state index in [9.17, 15) is 4.79 Å². The molecule has 20 heavy (non-hydrogen) atoms. The predicted octanol–water partition coefficient (Wildman–Crippen LogP) is 2.92. The normalized spacial score (nSPS) is 17.8. The number of hydrogen-bond donors (Lipinski definition) is 2. The highest BCUT2D eigenvalue weighted by Gasteiger charge is 2.34. The van der Waals surface area contributed by atoms with Crippen LogP contribution in [0, 0.1) is 5.41 Å². The summed E-state index contributed by atoms with van der Waals surface area (Å²) >= 11 is 3.51. The van der Waals surface area contributed by atoms with Crippen molar-refractivity contribution in [3.63, 3.8) is 0 Å². The van der Waals surface area contributed by atoms with Gasteiger partial charge in [0, 0.05) is 28.2 Å². The third kappa shape index (κ3) is 3.40. The number of rotatable bonds is 4. The lowest BCUT2D eigenvalue weighted by Gasteiger charge is -2.32. The zero-order valence-corrected chi connectivity index (χ0v) is 13.5. The molecule has 110 valence electrons. The van der Waals surface area contributed by atoms with Gasteiger partial charge in [-0.3, -0.25) is 4.79 Å². The molecule has 0 aliphatic carbocycles. The molecule has 1 aliphatic rings. The van der Waals surface area contributed by atoms with Gasteiger partial charge < -0.3 is 15.4 Å². The molecule has 0 radical (unpaired) electrons. The third-order valence-electron chi connectivity index (χ3n) is 3.91. The molecule has 2 N–H and O–H groups in total. The van der Waals surface area contributed by atoms with Crippen molar-refractivity contribution >= 4 is 27.5 Å². The quantitative estimate of drug-likeness (QED) is 0.885. The average Bonchev–Trinajstić information content (AvgIpc) is 2.43. The topological polar surface area (TPSA) is 50.4 Å². The Morgan fingerprint density at radius 2 is 2.15 bits per heavy atom. The molecule has 1 heterocycles. The van der Waals surface area contributed by atoms with Gasteiger partial charge in [-0.15, -0.1) is 0 Å². The van der Waals surface area contributed by atoms with E-state index in [0.29, 0.717) is 6.61 Å². The van der Waals surface area contributed by atoms with Crippen LogP contribution in [0.15, 0.2) is 22.7 Å². The molecule has 1 fully saturated rings. The van der Waals surface area contributed by atoms with Crippen molar-refractivity contribution in [1.29, 1.82) is 0 Å². The molecule has 1 amide bonds. The van der Waals surface area contributed by atoms with E-state index < -0.39 is 0 Å². The molecule has 0 unspecified atom stereocenters. The number of nitrogens with one attached hydrogen (secondary N) is 2. The summed E-state index contributed by atoms with van der Waals surface area (Å²) in [5.41, 5.74) is 1.50. The Kier molecular flexibility index (Phi) is 5.18. The number of carbonyl (C=O) groups is 1. The molecule has 0 spiro atoms. The Balaban J connectivity index is 2.17. The molecule has 0 atom stereocenters. The standard InChI is InChI=1S/C15H21BrN2O2/c1-15(6-8-17-9-7-15)14(19)18-13-5-3-4-12(16)11(13)10-20-2/h3-5,17H,6-10H2,1-2H3,(H,18,19). The van der Waals surface area contributed by atoms with E-state index in [1.54, 1.807) is 7.11 Å². The van der Waals surface area contributed by atoms with Crippen molar-refractivity contribution in [2.45, 2.75) is 26.4 Å². The summed E-state index contributed by atoms with van der Waals surface area (Å²) < 4.78 is 6.16. The van der Waals surface area contributed by atoms with Gasteiger partial charge in [0.1, 0.15) is 0 Å². The van der Waals surface area contributed by atoms with Crippen molar-refractivity contribution in [2.24, 2.45) is 5.41 Å². The van der Waals surface area contributed by atoms with E-state index in [1.807, 2.05) is 25.1 Å². The second kappa shape index (κ2) is 6.70. The highest BCUT2D eigenvalue weighted by Crippen LogP contribution is 2.32. The van der Waals surface area contributed by atoms with Crippen LogP contribution in [0.3, 0.4) is 0 Å². The number of hydrogen-bond acceptors (Lipinski definition) is 3. The van der Waals surface area contributed by atoms with Crippen molar-refractivity contribution in [3.8, 4) is 0 Å². The fourth-order valence-electron chi connectivity index (χ4n) is 2.45. The smallest absolute Gasteiger partial charge is 0.230 e. The fourth-order valence-corrected chi connectivity index (χ4v) is 2.93. The minimum Gasteiger partial charge on any atom is -0.380 e. The van der Waals surface area contributed by atoms with Gasteiger partial charge in [-0.25, -0.2) is 0 Å². The lowest BCUT2D eigenvalue weighted by atomic mass is 9.80. The molecule has 1 aromatic rings. The Bertz CT molecular complexity index is 485. The van der Waals surface area contributed by atoms with E-state index in [0.717, 1.165) is 41.7 Å². The van der Waals surface area contributed by atoms with E-state index in [1.165, 1.54) is 0 Å². The molecule has 1 saturated heterocycles. The summed E-state index contributed by atoms with van der Waals surface area (Å²) in [4.78, 5) is 12.6.